The van der Waals surface area contributed by atoms with Crippen LogP contribution >= 0.6 is 0 Å². The summed E-state index contributed by atoms with van der Waals surface area (Å²) in [5.74, 6) is 1.79. The van der Waals surface area contributed by atoms with Gasteiger partial charge in [0.1, 0.15) is 29.5 Å². The molecule has 0 bridgehead atoms. The Morgan fingerprint density at radius 1 is 1.00 bits per heavy atom. The number of ketones is 1. The highest BCUT2D eigenvalue weighted by molar-refractivity contribution is 6.10. The average molecular weight is 416 g/mol. The Labute approximate surface area is 180 Å². The Kier molecular flexibility index (Phi) is 5.54. The van der Waals surface area contributed by atoms with Gasteiger partial charge >= 0.3 is 0 Å². The summed E-state index contributed by atoms with van der Waals surface area (Å²) in [6, 6.07) is 18.5. The molecular formula is C25H24N2O4. The fourth-order valence-corrected chi connectivity index (χ4v) is 3.67. The summed E-state index contributed by atoms with van der Waals surface area (Å²) >= 11 is 0. The molecule has 0 fully saturated rings. The monoisotopic (exact) mass is 416 g/mol. The number of fused-ring (bicyclic) bond motifs is 1. The molecule has 2 heterocycles. The lowest BCUT2D eigenvalue weighted by molar-refractivity contribution is 0.103. The number of nitrogens with zero attached hydrogens (tertiary/aromatic N) is 1. The summed E-state index contributed by atoms with van der Waals surface area (Å²) in [7, 11) is 3.16. The zero-order valence-corrected chi connectivity index (χ0v) is 17.7. The van der Waals surface area contributed by atoms with Crippen LogP contribution in [-0.4, -0.2) is 24.4 Å². The number of nitrogens with two attached hydrogens (primary N) is 1. The van der Waals surface area contributed by atoms with Gasteiger partial charge in [-0.25, -0.2) is 0 Å². The Morgan fingerprint density at radius 3 is 2.61 bits per heavy atom. The highest BCUT2D eigenvalue weighted by Gasteiger charge is 2.23. The number of hydrogen-bond donors (Lipinski definition) is 1. The van der Waals surface area contributed by atoms with Crippen molar-refractivity contribution in [2.24, 2.45) is 0 Å². The van der Waals surface area contributed by atoms with Crippen molar-refractivity contribution in [3.63, 3.8) is 0 Å². The maximum absolute atomic E-state index is 13.4. The van der Waals surface area contributed by atoms with E-state index in [2.05, 4.69) is 0 Å². The number of anilines is 1. The third-order valence-electron chi connectivity index (χ3n) is 5.26. The standard InChI is InChI=1S/C25H24N2O4/c1-16-23(24(28)18-10-11-20(26)22(14-18)30-3)27-12-5-4-9-21(27)25(16)31-15-17-7-6-8-19(13-17)29-2/h4-14H,15,26H2,1-3H3. The van der Waals surface area contributed by atoms with Crippen LogP contribution in [0.1, 0.15) is 27.2 Å². The van der Waals surface area contributed by atoms with Crippen LogP contribution in [0.3, 0.4) is 0 Å². The van der Waals surface area contributed by atoms with E-state index in [4.69, 9.17) is 19.9 Å². The van der Waals surface area contributed by atoms with E-state index in [0.29, 0.717) is 35.1 Å². The van der Waals surface area contributed by atoms with Gasteiger partial charge in [-0.1, -0.05) is 18.2 Å². The molecule has 0 saturated heterocycles. The molecule has 158 valence electrons. The lowest BCUT2D eigenvalue weighted by atomic mass is 10.0. The first-order valence-electron chi connectivity index (χ1n) is 9.87. The Balaban J connectivity index is 1.73. The molecule has 4 rings (SSSR count). The number of benzene rings is 2. The number of nitrogen functional groups attached to an aromatic ring is 1. The van der Waals surface area contributed by atoms with Gasteiger partial charge < -0.3 is 24.3 Å². The smallest absolute Gasteiger partial charge is 0.210 e. The van der Waals surface area contributed by atoms with Crippen molar-refractivity contribution in [1.82, 2.24) is 4.40 Å². The van der Waals surface area contributed by atoms with Gasteiger partial charge in [-0.2, -0.15) is 0 Å². The first-order chi connectivity index (χ1) is 15.0. The van der Waals surface area contributed by atoms with Gasteiger partial charge in [0.2, 0.25) is 5.78 Å². The average Bonchev–Trinajstić information content (AvgIpc) is 3.08. The van der Waals surface area contributed by atoms with Crippen molar-refractivity contribution in [3.8, 4) is 17.2 Å². The number of rotatable bonds is 7. The van der Waals surface area contributed by atoms with Gasteiger partial charge in [-0.15, -0.1) is 0 Å². The second-order valence-corrected chi connectivity index (χ2v) is 7.18. The molecule has 0 saturated carbocycles. The summed E-state index contributed by atoms with van der Waals surface area (Å²) in [5, 5.41) is 0. The SMILES string of the molecule is COc1cccc(COc2c(C)c(C(=O)c3ccc(N)c(OC)c3)n3ccccc23)c1. The predicted octanol–water partition coefficient (Wildman–Crippen LogP) is 4.66. The van der Waals surface area contributed by atoms with Gasteiger partial charge in [-0.05, 0) is 55.0 Å². The molecule has 31 heavy (non-hydrogen) atoms. The van der Waals surface area contributed by atoms with Gasteiger partial charge in [0, 0.05) is 17.3 Å². The van der Waals surface area contributed by atoms with Crippen molar-refractivity contribution >= 4 is 17.0 Å². The molecule has 0 unspecified atom stereocenters. The van der Waals surface area contributed by atoms with Crippen LogP contribution in [0, 0.1) is 6.92 Å². The van der Waals surface area contributed by atoms with Crippen LogP contribution < -0.4 is 19.9 Å². The minimum atomic E-state index is -0.131. The van der Waals surface area contributed by atoms with E-state index in [1.54, 1.807) is 25.3 Å². The lowest BCUT2D eigenvalue weighted by Gasteiger charge is -2.09. The summed E-state index contributed by atoms with van der Waals surface area (Å²) < 4.78 is 18.6. The second-order valence-electron chi connectivity index (χ2n) is 7.18. The first kappa shape index (κ1) is 20.3. The normalized spacial score (nSPS) is 10.8. The molecule has 2 aromatic heterocycles. The number of hydrogen-bond acceptors (Lipinski definition) is 5. The zero-order valence-electron chi connectivity index (χ0n) is 17.7. The molecule has 0 atom stereocenters. The van der Waals surface area contributed by atoms with Crippen LogP contribution in [0.5, 0.6) is 17.2 Å². The Bertz CT molecular complexity index is 1260. The fraction of sp³-hybridized carbons (Fsp3) is 0.160. The highest BCUT2D eigenvalue weighted by atomic mass is 16.5. The van der Waals surface area contributed by atoms with E-state index in [-0.39, 0.29) is 5.78 Å². The first-order valence-corrected chi connectivity index (χ1v) is 9.87. The van der Waals surface area contributed by atoms with Crippen molar-refractivity contribution in [2.45, 2.75) is 13.5 Å². The number of carbonyl (C=O) groups is 1. The van der Waals surface area contributed by atoms with E-state index < -0.39 is 0 Å². The molecule has 0 amide bonds. The van der Waals surface area contributed by atoms with Crippen LogP contribution in [0.2, 0.25) is 0 Å². The molecular weight excluding hydrogens is 392 g/mol. The maximum atomic E-state index is 13.4. The molecule has 0 aliphatic carbocycles. The zero-order chi connectivity index (χ0) is 22.0. The molecule has 2 N–H and O–H groups in total. The second kappa shape index (κ2) is 8.44. The van der Waals surface area contributed by atoms with Crippen molar-refractivity contribution in [3.05, 3.63) is 89.2 Å². The molecule has 4 aromatic rings. The molecule has 6 nitrogen and oxygen atoms in total. The topological polar surface area (TPSA) is 75.2 Å². The number of ether oxygens (including phenoxy) is 3. The molecule has 6 heteroatoms. The Morgan fingerprint density at radius 2 is 1.84 bits per heavy atom. The van der Waals surface area contributed by atoms with Crippen molar-refractivity contribution in [2.75, 3.05) is 20.0 Å². The van der Waals surface area contributed by atoms with E-state index in [9.17, 15) is 4.79 Å². The van der Waals surface area contributed by atoms with Crippen molar-refractivity contribution in [1.29, 1.82) is 0 Å². The van der Waals surface area contributed by atoms with Gasteiger partial charge in [-0.3, -0.25) is 4.79 Å². The summed E-state index contributed by atoms with van der Waals surface area (Å²) in [4.78, 5) is 13.4. The van der Waals surface area contributed by atoms with Crippen molar-refractivity contribution < 1.29 is 19.0 Å². The number of aromatic nitrogens is 1. The van der Waals surface area contributed by atoms with E-state index >= 15 is 0 Å². The lowest BCUT2D eigenvalue weighted by Crippen LogP contribution is -2.07. The summed E-state index contributed by atoms with van der Waals surface area (Å²) in [6.45, 7) is 2.26. The molecule has 0 spiro atoms. The van der Waals surface area contributed by atoms with Crippen LogP contribution in [0.4, 0.5) is 5.69 Å². The fourth-order valence-electron chi connectivity index (χ4n) is 3.67. The van der Waals surface area contributed by atoms with Gasteiger partial charge in [0.15, 0.2) is 0 Å². The Hall–Kier alpha value is -3.93. The number of methoxy groups -OCH3 is 2. The number of carbonyl (C=O) groups excluding carboxylic acids is 1. The molecule has 0 aliphatic rings. The number of pyridine rings is 1. The highest BCUT2D eigenvalue weighted by Crippen LogP contribution is 2.34. The van der Waals surface area contributed by atoms with E-state index in [1.165, 1.54) is 7.11 Å². The molecule has 0 aliphatic heterocycles. The summed E-state index contributed by atoms with van der Waals surface area (Å²) in [5.41, 5.74) is 10.0. The third-order valence-corrected chi connectivity index (χ3v) is 5.26. The quantitative estimate of drug-likeness (QED) is 0.350. The van der Waals surface area contributed by atoms with Crippen LogP contribution in [-0.2, 0) is 6.61 Å². The van der Waals surface area contributed by atoms with Crippen LogP contribution in [0.25, 0.3) is 5.52 Å². The maximum Gasteiger partial charge on any atom is 0.210 e. The minimum absolute atomic E-state index is 0.131. The predicted molar refractivity (Wildman–Crippen MR) is 120 cm³/mol. The van der Waals surface area contributed by atoms with Gasteiger partial charge in [0.05, 0.1) is 25.4 Å². The molecule has 2 aromatic carbocycles. The molecule has 0 radical (unpaired) electrons. The van der Waals surface area contributed by atoms with Gasteiger partial charge in [0.25, 0.3) is 0 Å². The van der Waals surface area contributed by atoms with E-state index in [0.717, 1.165) is 22.4 Å². The van der Waals surface area contributed by atoms with Crippen LogP contribution in [0.15, 0.2) is 66.9 Å². The van der Waals surface area contributed by atoms with E-state index in [1.807, 2.05) is 60.0 Å². The third kappa shape index (κ3) is 3.80. The largest absolute Gasteiger partial charge is 0.497 e. The minimum Gasteiger partial charge on any atom is -0.497 e. The summed E-state index contributed by atoms with van der Waals surface area (Å²) in [6.07, 6.45) is 1.86.